The summed E-state index contributed by atoms with van der Waals surface area (Å²) in [6.07, 6.45) is 0.170. The minimum absolute atomic E-state index is 0.170. The minimum Gasteiger partial charge on any atom is -0.493 e. The molecule has 1 rings (SSSR count). The summed E-state index contributed by atoms with van der Waals surface area (Å²) in [6, 6.07) is 4.94. The van der Waals surface area contributed by atoms with Crippen molar-refractivity contribution in [3.8, 4) is 11.5 Å². The van der Waals surface area contributed by atoms with Crippen LogP contribution in [-0.4, -0.2) is 51.2 Å². The van der Waals surface area contributed by atoms with E-state index in [0.29, 0.717) is 30.2 Å². The van der Waals surface area contributed by atoms with Crippen molar-refractivity contribution in [3.05, 3.63) is 23.8 Å². The molecular weight excluding hydrogens is 274 g/mol. The second-order valence-corrected chi connectivity index (χ2v) is 4.35. The van der Waals surface area contributed by atoms with Gasteiger partial charge in [-0.25, -0.2) is 0 Å². The van der Waals surface area contributed by atoms with E-state index in [4.69, 9.17) is 14.2 Å². The average Bonchev–Trinajstić information content (AvgIpc) is 2.51. The molecule has 0 unspecified atom stereocenters. The predicted octanol–water partition coefficient (Wildman–Crippen LogP) is 1.73. The van der Waals surface area contributed by atoms with E-state index in [0.717, 1.165) is 0 Å². The van der Waals surface area contributed by atoms with Crippen molar-refractivity contribution in [2.45, 2.75) is 13.3 Å². The molecule has 0 saturated carbocycles. The molecule has 116 valence electrons. The highest BCUT2D eigenvalue weighted by atomic mass is 16.5. The van der Waals surface area contributed by atoms with Gasteiger partial charge in [0.05, 0.1) is 27.2 Å². The summed E-state index contributed by atoms with van der Waals surface area (Å²) in [4.78, 5) is 25.0. The molecule has 0 aliphatic carbocycles. The Bertz CT molecular complexity index is 501. The quantitative estimate of drug-likeness (QED) is 0.717. The molecule has 6 nitrogen and oxygen atoms in total. The van der Waals surface area contributed by atoms with E-state index in [9.17, 15) is 9.59 Å². The van der Waals surface area contributed by atoms with Crippen LogP contribution in [0.25, 0.3) is 0 Å². The normalized spacial score (nSPS) is 9.90. The molecule has 0 radical (unpaired) electrons. The van der Waals surface area contributed by atoms with Gasteiger partial charge in [0.1, 0.15) is 0 Å². The van der Waals surface area contributed by atoms with Gasteiger partial charge in [0, 0.05) is 19.2 Å². The Kier molecular flexibility index (Phi) is 6.52. The third-order valence-electron chi connectivity index (χ3n) is 2.93. The van der Waals surface area contributed by atoms with Crippen LogP contribution in [0.4, 0.5) is 0 Å². The van der Waals surface area contributed by atoms with Crippen LogP contribution in [0.2, 0.25) is 0 Å². The summed E-state index contributed by atoms with van der Waals surface area (Å²) in [6.45, 7) is 2.38. The Morgan fingerprint density at radius 2 is 1.81 bits per heavy atom. The maximum absolute atomic E-state index is 12.3. The molecule has 0 aliphatic heterocycles. The van der Waals surface area contributed by atoms with Crippen molar-refractivity contribution < 1.29 is 23.8 Å². The number of esters is 1. The maximum Gasteiger partial charge on any atom is 0.307 e. The predicted molar refractivity (Wildman–Crippen MR) is 77.8 cm³/mol. The van der Waals surface area contributed by atoms with Gasteiger partial charge in [0.15, 0.2) is 11.5 Å². The van der Waals surface area contributed by atoms with Crippen molar-refractivity contribution in [3.63, 3.8) is 0 Å². The van der Waals surface area contributed by atoms with Crippen LogP contribution in [-0.2, 0) is 9.53 Å². The lowest BCUT2D eigenvalue weighted by Crippen LogP contribution is -2.29. The van der Waals surface area contributed by atoms with Crippen LogP contribution in [0.1, 0.15) is 23.7 Å². The molecule has 1 aromatic rings. The highest BCUT2D eigenvalue weighted by Crippen LogP contribution is 2.27. The molecule has 0 heterocycles. The number of carbonyl (C=O) groups is 2. The van der Waals surface area contributed by atoms with E-state index in [1.54, 1.807) is 32.2 Å². The zero-order valence-corrected chi connectivity index (χ0v) is 12.8. The Balaban J connectivity index is 2.71. The summed E-state index contributed by atoms with van der Waals surface area (Å²) in [7, 11) is 4.68. The molecule has 0 saturated heterocycles. The van der Waals surface area contributed by atoms with Gasteiger partial charge in [-0.3, -0.25) is 9.59 Å². The van der Waals surface area contributed by atoms with Gasteiger partial charge in [-0.05, 0) is 25.1 Å². The van der Waals surface area contributed by atoms with E-state index < -0.39 is 0 Å². The van der Waals surface area contributed by atoms with E-state index >= 15 is 0 Å². The fourth-order valence-electron chi connectivity index (χ4n) is 1.78. The van der Waals surface area contributed by atoms with Gasteiger partial charge in [0.2, 0.25) is 0 Å². The maximum atomic E-state index is 12.3. The summed E-state index contributed by atoms with van der Waals surface area (Å²) < 4.78 is 15.1. The monoisotopic (exact) mass is 295 g/mol. The largest absolute Gasteiger partial charge is 0.493 e. The third kappa shape index (κ3) is 4.66. The fraction of sp³-hybridized carbons (Fsp3) is 0.467. The number of carbonyl (C=O) groups excluding carboxylic acids is 2. The van der Waals surface area contributed by atoms with E-state index in [2.05, 4.69) is 0 Å². The Hall–Kier alpha value is -2.24. The Morgan fingerprint density at radius 1 is 1.14 bits per heavy atom. The van der Waals surface area contributed by atoms with Crippen LogP contribution in [0, 0.1) is 0 Å². The van der Waals surface area contributed by atoms with Crippen LogP contribution in [0.3, 0.4) is 0 Å². The topological polar surface area (TPSA) is 65.1 Å². The number of nitrogens with zero attached hydrogens (tertiary/aromatic N) is 1. The first-order valence-corrected chi connectivity index (χ1v) is 6.66. The number of rotatable bonds is 7. The SMILES string of the molecule is CCOC(=O)CCN(C)C(=O)c1ccc(OC)c(OC)c1. The van der Waals surface area contributed by atoms with Gasteiger partial charge < -0.3 is 19.1 Å². The smallest absolute Gasteiger partial charge is 0.307 e. The fourth-order valence-corrected chi connectivity index (χ4v) is 1.78. The molecular formula is C15H21NO5. The summed E-state index contributed by atoms with van der Waals surface area (Å²) in [5.41, 5.74) is 0.471. The number of hydrogen-bond donors (Lipinski definition) is 0. The number of benzene rings is 1. The van der Waals surface area contributed by atoms with Crippen molar-refractivity contribution in [1.29, 1.82) is 0 Å². The van der Waals surface area contributed by atoms with E-state index in [1.165, 1.54) is 19.1 Å². The first-order chi connectivity index (χ1) is 10.0. The van der Waals surface area contributed by atoms with Crippen LogP contribution < -0.4 is 9.47 Å². The second kappa shape index (κ2) is 8.14. The molecule has 1 aromatic carbocycles. The van der Waals surface area contributed by atoms with Crippen molar-refractivity contribution in [2.75, 3.05) is 34.4 Å². The van der Waals surface area contributed by atoms with Crippen LogP contribution in [0.15, 0.2) is 18.2 Å². The highest BCUT2D eigenvalue weighted by Gasteiger charge is 2.15. The van der Waals surface area contributed by atoms with Crippen molar-refractivity contribution in [2.24, 2.45) is 0 Å². The highest BCUT2D eigenvalue weighted by molar-refractivity contribution is 5.95. The zero-order chi connectivity index (χ0) is 15.8. The molecule has 0 atom stereocenters. The molecule has 0 N–H and O–H groups in total. The third-order valence-corrected chi connectivity index (χ3v) is 2.93. The lowest BCUT2D eigenvalue weighted by molar-refractivity contribution is -0.143. The standard InChI is InChI=1S/C15H21NO5/c1-5-21-14(17)8-9-16(2)15(18)11-6-7-12(19-3)13(10-11)20-4/h6-7,10H,5,8-9H2,1-4H3. The number of hydrogen-bond acceptors (Lipinski definition) is 5. The number of ether oxygens (including phenoxy) is 3. The van der Waals surface area contributed by atoms with Crippen molar-refractivity contribution in [1.82, 2.24) is 4.90 Å². The van der Waals surface area contributed by atoms with Crippen LogP contribution >= 0.6 is 0 Å². The molecule has 21 heavy (non-hydrogen) atoms. The molecule has 0 fully saturated rings. The molecule has 0 aromatic heterocycles. The van der Waals surface area contributed by atoms with Crippen molar-refractivity contribution >= 4 is 11.9 Å². The minimum atomic E-state index is -0.315. The summed E-state index contributed by atoms with van der Waals surface area (Å²) in [5.74, 6) is 0.537. The zero-order valence-electron chi connectivity index (χ0n) is 12.8. The average molecular weight is 295 g/mol. The number of amides is 1. The second-order valence-electron chi connectivity index (χ2n) is 4.35. The Labute approximate surface area is 124 Å². The number of methoxy groups -OCH3 is 2. The molecule has 0 bridgehead atoms. The first kappa shape index (κ1) is 16.8. The summed E-state index contributed by atoms with van der Waals surface area (Å²) >= 11 is 0. The van der Waals surface area contributed by atoms with E-state index in [1.807, 2.05) is 0 Å². The van der Waals surface area contributed by atoms with Gasteiger partial charge in [-0.1, -0.05) is 0 Å². The lowest BCUT2D eigenvalue weighted by atomic mass is 10.1. The Morgan fingerprint density at radius 3 is 2.38 bits per heavy atom. The van der Waals surface area contributed by atoms with Gasteiger partial charge in [0.25, 0.3) is 5.91 Å². The molecule has 1 amide bonds. The first-order valence-electron chi connectivity index (χ1n) is 6.66. The molecule has 0 aliphatic rings. The lowest BCUT2D eigenvalue weighted by Gasteiger charge is -2.17. The summed E-state index contributed by atoms with van der Waals surface area (Å²) in [5, 5.41) is 0. The van der Waals surface area contributed by atoms with E-state index in [-0.39, 0.29) is 18.3 Å². The van der Waals surface area contributed by atoms with Gasteiger partial charge in [-0.15, -0.1) is 0 Å². The van der Waals surface area contributed by atoms with Gasteiger partial charge in [-0.2, -0.15) is 0 Å². The van der Waals surface area contributed by atoms with Crippen LogP contribution in [0.5, 0.6) is 11.5 Å². The van der Waals surface area contributed by atoms with Gasteiger partial charge >= 0.3 is 5.97 Å². The molecule has 0 spiro atoms. The molecule has 6 heteroatoms.